The molecule has 7 heteroatoms. The fourth-order valence-electron chi connectivity index (χ4n) is 3.59. The van der Waals surface area contributed by atoms with Gasteiger partial charge in [0.1, 0.15) is 23.0 Å². The third kappa shape index (κ3) is 3.61. The van der Waals surface area contributed by atoms with Gasteiger partial charge in [-0.2, -0.15) is 0 Å². The van der Waals surface area contributed by atoms with Crippen LogP contribution in [0.3, 0.4) is 0 Å². The minimum absolute atomic E-state index is 0.0649. The number of hydrogen-bond donors (Lipinski definition) is 2. The molecule has 6 nitrogen and oxygen atoms in total. The van der Waals surface area contributed by atoms with Crippen LogP contribution in [0.2, 0.25) is 0 Å². The summed E-state index contributed by atoms with van der Waals surface area (Å²) in [6.07, 6.45) is 3.83. The van der Waals surface area contributed by atoms with Crippen molar-refractivity contribution in [3.05, 3.63) is 102 Å². The standard InChI is InChI=1S/C24H18FN3O3/c25-19-9-8-16(29)12-18(19)22-14-28-23(20(26-22)11-15-5-2-1-3-6-15)27-21(24(28)30)13-17-7-4-10-31-17/h1-10,12,14,29-30H,11,13H2. The third-order valence-electron chi connectivity index (χ3n) is 5.08. The van der Waals surface area contributed by atoms with Crippen molar-refractivity contribution >= 4 is 5.65 Å². The smallest absolute Gasteiger partial charge is 0.219 e. The van der Waals surface area contributed by atoms with Gasteiger partial charge in [0.25, 0.3) is 0 Å². The second kappa shape index (κ2) is 7.60. The summed E-state index contributed by atoms with van der Waals surface area (Å²) in [6, 6.07) is 17.1. The van der Waals surface area contributed by atoms with E-state index in [1.807, 2.05) is 30.3 Å². The van der Waals surface area contributed by atoms with E-state index in [2.05, 4.69) is 9.97 Å². The molecular weight excluding hydrogens is 397 g/mol. The van der Waals surface area contributed by atoms with Crippen molar-refractivity contribution < 1.29 is 19.0 Å². The first kappa shape index (κ1) is 18.9. The van der Waals surface area contributed by atoms with Gasteiger partial charge in [0.15, 0.2) is 5.65 Å². The Morgan fingerprint density at radius 2 is 1.74 bits per heavy atom. The molecule has 3 aromatic heterocycles. The zero-order chi connectivity index (χ0) is 21.4. The lowest BCUT2D eigenvalue weighted by Crippen LogP contribution is -2.01. The molecule has 3 heterocycles. The molecule has 5 rings (SSSR count). The van der Waals surface area contributed by atoms with Crippen LogP contribution in [0.25, 0.3) is 16.9 Å². The number of fused-ring (bicyclic) bond motifs is 1. The van der Waals surface area contributed by atoms with Crippen molar-refractivity contribution in [2.45, 2.75) is 12.8 Å². The number of nitrogens with zero attached hydrogens (tertiary/aromatic N) is 3. The number of halogens is 1. The lowest BCUT2D eigenvalue weighted by molar-refractivity contribution is 0.438. The van der Waals surface area contributed by atoms with E-state index in [1.54, 1.807) is 18.4 Å². The minimum Gasteiger partial charge on any atom is -0.508 e. The summed E-state index contributed by atoms with van der Waals surface area (Å²) < 4.78 is 21.4. The van der Waals surface area contributed by atoms with E-state index in [4.69, 9.17) is 4.42 Å². The van der Waals surface area contributed by atoms with Crippen LogP contribution in [-0.4, -0.2) is 24.6 Å². The zero-order valence-corrected chi connectivity index (χ0v) is 16.4. The van der Waals surface area contributed by atoms with E-state index in [-0.39, 0.29) is 22.9 Å². The van der Waals surface area contributed by atoms with Crippen molar-refractivity contribution in [1.29, 1.82) is 0 Å². The van der Waals surface area contributed by atoms with Crippen molar-refractivity contribution in [3.63, 3.8) is 0 Å². The van der Waals surface area contributed by atoms with E-state index in [0.29, 0.717) is 35.6 Å². The van der Waals surface area contributed by atoms with E-state index in [1.165, 1.54) is 28.8 Å². The highest BCUT2D eigenvalue weighted by Gasteiger charge is 2.19. The Morgan fingerprint density at radius 3 is 2.52 bits per heavy atom. The maximum Gasteiger partial charge on any atom is 0.219 e. The molecule has 0 saturated heterocycles. The molecule has 5 aromatic rings. The zero-order valence-electron chi connectivity index (χ0n) is 16.4. The van der Waals surface area contributed by atoms with Crippen LogP contribution in [-0.2, 0) is 12.8 Å². The quantitative estimate of drug-likeness (QED) is 0.434. The van der Waals surface area contributed by atoms with Gasteiger partial charge in [-0.05, 0) is 35.9 Å². The first-order valence-electron chi connectivity index (χ1n) is 9.73. The maximum absolute atomic E-state index is 14.5. The minimum atomic E-state index is -0.522. The average molecular weight is 415 g/mol. The first-order valence-corrected chi connectivity index (χ1v) is 9.73. The Hall–Kier alpha value is -4.13. The number of phenols is 1. The lowest BCUT2D eigenvalue weighted by atomic mass is 10.1. The third-order valence-corrected chi connectivity index (χ3v) is 5.08. The molecule has 0 spiro atoms. The van der Waals surface area contributed by atoms with E-state index < -0.39 is 5.82 Å². The van der Waals surface area contributed by atoms with E-state index in [9.17, 15) is 14.6 Å². The molecule has 0 atom stereocenters. The highest BCUT2D eigenvalue weighted by atomic mass is 19.1. The fraction of sp³-hybridized carbons (Fsp3) is 0.0833. The molecule has 154 valence electrons. The Bertz CT molecular complexity index is 1360. The number of furan rings is 1. The van der Waals surface area contributed by atoms with Gasteiger partial charge in [-0.25, -0.2) is 14.4 Å². The molecule has 0 fully saturated rings. The van der Waals surface area contributed by atoms with Crippen LogP contribution >= 0.6 is 0 Å². The van der Waals surface area contributed by atoms with E-state index in [0.717, 1.165) is 5.56 Å². The number of aromatic hydroxyl groups is 2. The Labute approximate surface area is 176 Å². The second-order valence-electron chi connectivity index (χ2n) is 7.23. The highest BCUT2D eigenvalue weighted by molar-refractivity contribution is 5.65. The predicted molar refractivity (Wildman–Crippen MR) is 112 cm³/mol. The normalized spacial score (nSPS) is 11.3. The average Bonchev–Trinajstić information content (AvgIpc) is 3.40. The molecule has 0 unspecified atom stereocenters. The number of benzene rings is 2. The van der Waals surface area contributed by atoms with Crippen LogP contribution < -0.4 is 0 Å². The van der Waals surface area contributed by atoms with Gasteiger partial charge in [-0.1, -0.05) is 30.3 Å². The van der Waals surface area contributed by atoms with Crippen LogP contribution in [0.5, 0.6) is 11.6 Å². The van der Waals surface area contributed by atoms with E-state index >= 15 is 0 Å². The molecule has 2 aromatic carbocycles. The molecular formula is C24H18FN3O3. The summed E-state index contributed by atoms with van der Waals surface area (Å²) in [5, 5.41) is 20.7. The van der Waals surface area contributed by atoms with Crippen molar-refractivity contribution in [2.75, 3.05) is 0 Å². The predicted octanol–water partition coefficient (Wildman–Crippen LogP) is 4.72. The summed E-state index contributed by atoms with van der Waals surface area (Å²) in [5.74, 6) is 0.00226. The summed E-state index contributed by atoms with van der Waals surface area (Å²) in [6.45, 7) is 0. The summed E-state index contributed by atoms with van der Waals surface area (Å²) >= 11 is 0. The Morgan fingerprint density at radius 1 is 0.903 bits per heavy atom. The summed E-state index contributed by atoms with van der Waals surface area (Å²) in [4.78, 5) is 9.26. The molecule has 0 amide bonds. The number of rotatable bonds is 5. The molecule has 2 N–H and O–H groups in total. The van der Waals surface area contributed by atoms with Crippen molar-refractivity contribution in [1.82, 2.24) is 14.4 Å². The molecule has 0 aliphatic heterocycles. The fourth-order valence-corrected chi connectivity index (χ4v) is 3.59. The van der Waals surface area contributed by atoms with Crippen molar-refractivity contribution in [3.8, 4) is 22.9 Å². The van der Waals surface area contributed by atoms with Crippen LogP contribution in [0.1, 0.15) is 22.7 Å². The molecule has 0 radical (unpaired) electrons. The molecule has 0 aliphatic carbocycles. The molecule has 0 aliphatic rings. The number of hydrogen-bond acceptors (Lipinski definition) is 5. The molecule has 31 heavy (non-hydrogen) atoms. The Balaban J connectivity index is 1.70. The van der Waals surface area contributed by atoms with Crippen LogP contribution in [0.4, 0.5) is 4.39 Å². The molecule has 0 saturated carbocycles. The first-order chi connectivity index (χ1) is 15.1. The lowest BCUT2D eigenvalue weighted by Gasteiger charge is -2.09. The van der Waals surface area contributed by atoms with Gasteiger partial charge in [0.05, 0.1) is 24.1 Å². The SMILES string of the molecule is Oc1ccc(F)c(-c2cn3c(O)c(Cc4ccco4)nc3c(Cc3ccccc3)n2)c1. The number of phenolic OH excluding ortho intramolecular Hbond substituents is 1. The van der Waals surface area contributed by atoms with Crippen LogP contribution in [0.15, 0.2) is 77.5 Å². The van der Waals surface area contributed by atoms with Crippen molar-refractivity contribution in [2.24, 2.45) is 0 Å². The summed E-state index contributed by atoms with van der Waals surface area (Å²) in [7, 11) is 0. The van der Waals surface area contributed by atoms with Gasteiger partial charge in [0, 0.05) is 18.2 Å². The largest absolute Gasteiger partial charge is 0.508 e. The van der Waals surface area contributed by atoms with Gasteiger partial charge >= 0.3 is 0 Å². The van der Waals surface area contributed by atoms with Gasteiger partial charge in [0.2, 0.25) is 5.88 Å². The van der Waals surface area contributed by atoms with Gasteiger partial charge in [-0.15, -0.1) is 0 Å². The highest BCUT2D eigenvalue weighted by Crippen LogP contribution is 2.30. The maximum atomic E-state index is 14.5. The second-order valence-corrected chi connectivity index (χ2v) is 7.23. The molecule has 0 bridgehead atoms. The van der Waals surface area contributed by atoms with Gasteiger partial charge < -0.3 is 14.6 Å². The monoisotopic (exact) mass is 415 g/mol. The van der Waals surface area contributed by atoms with Crippen LogP contribution in [0, 0.1) is 5.82 Å². The van der Waals surface area contributed by atoms with Gasteiger partial charge in [-0.3, -0.25) is 4.40 Å². The number of aromatic nitrogens is 3. The number of imidazole rings is 1. The summed E-state index contributed by atoms with van der Waals surface area (Å²) in [5.41, 5.74) is 2.90. The Kier molecular flexibility index (Phi) is 4.63. The topological polar surface area (TPSA) is 83.8 Å².